The minimum Gasteiger partial charge on any atom is -0.448 e. The van der Waals surface area contributed by atoms with Crippen LogP contribution in [0.4, 0.5) is 0 Å². The number of rotatable bonds is 7. The Morgan fingerprint density at radius 1 is 1.46 bits per heavy atom. The van der Waals surface area contributed by atoms with Gasteiger partial charge >= 0.3 is 0 Å². The fraction of sp³-hybridized carbons (Fsp3) is 0.529. The van der Waals surface area contributed by atoms with Crippen LogP contribution >= 0.6 is 0 Å². The summed E-state index contributed by atoms with van der Waals surface area (Å²) < 4.78 is 12.1. The largest absolute Gasteiger partial charge is 0.448 e. The predicted octanol–water partition coefficient (Wildman–Crippen LogP) is 0.569. The van der Waals surface area contributed by atoms with Crippen LogP contribution in [0.25, 0.3) is 0 Å². The molecule has 9 heteroatoms. The molecule has 2 aromatic rings. The van der Waals surface area contributed by atoms with E-state index < -0.39 is 12.0 Å². The van der Waals surface area contributed by atoms with Gasteiger partial charge in [0.25, 0.3) is 0 Å². The summed E-state index contributed by atoms with van der Waals surface area (Å²) in [7, 11) is 3.44. The lowest BCUT2D eigenvalue weighted by atomic mass is 9.98. The molecule has 3 rings (SSSR count). The zero-order valence-electron chi connectivity index (χ0n) is 15.1. The number of aromatic nitrogens is 3. The molecule has 1 N–H and O–H groups in total. The molecule has 2 amide bonds. The van der Waals surface area contributed by atoms with E-state index in [2.05, 4.69) is 15.3 Å². The van der Waals surface area contributed by atoms with Crippen LogP contribution in [0.2, 0.25) is 0 Å². The summed E-state index contributed by atoms with van der Waals surface area (Å²) in [5.74, 6) is 0.550. The van der Waals surface area contributed by atoms with Crippen molar-refractivity contribution in [1.29, 1.82) is 0 Å². The third kappa shape index (κ3) is 3.48. The molecule has 1 aliphatic heterocycles. The molecule has 0 saturated carbocycles. The Labute approximate surface area is 151 Å². The highest BCUT2D eigenvalue weighted by molar-refractivity contribution is 5.90. The fourth-order valence-electron chi connectivity index (χ4n) is 3.26. The van der Waals surface area contributed by atoms with E-state index in [9.17, 15) is 9.59 Å². The van der Waals surface area contributed by atoms with E-state index >= 15 is 0 Å². The number of aryl methyl sites for hydroxylation is 2. The van der Waals surface area contributed by atoms with Gasteiger partial charge in [-0.15, -0.1) is 0 Å². The molecule has 0 bridgehead atoms. The number of carbonyl (C=O) groups is 2. The van der Waals surface area contributed by atoms with Crippen molar-refractivity contribution in [2.75, 3.05) is 20.3 Å². The van der Waals surface area contributed by atoms with Gasteiger partial charge in [-0.1, -0.05) is 0 Å². The van der Waals surface area contributed by atoms with E-state index in [4.69, 9.17) is 9.15 Å². The van der Waals surface area contributed by atoms with Gasteiger partial charge in [-0.2, -0.15) is 0 Å². The van der Waals surface area contributed by atoms with E-state index in [-0.39, 0.29) is 24.8 Å². The molecule has 140 valence electrons. The summed E-state index contributed by atoms with van der Waals surface area (Å²) in [4.78, 5) is 35.5. The highest BCUT2D eigenvalue weighted by atomic mass is 16.5. The van der Waals surface area contributed by atoms with Crippen molar-refractivity contribution in [3.63, 3.8) is 0 Å². The van der Waals surface area contributed by atoms with Crippen LogP contribution < -0.4 is 5.32 Å². The van der Waals surface area contributed by atoms with Crippen molar-refractivity contribution in [1.82, 2.24) is 24.8 Å². The van der Waals surface area contributed by atoms with E-state index in [1.54, 1.807) is 31.3 Å². The van der Waals surface area contributed by atoms with Crippen molar-refractivity contribution >= 4 is 11.8 Å². The van der Waals surface area contributed by atoms with Gasteiger partial charge < -0.3 is 23.9 Å². The van der Waals surface area contributed by atoms with Crippen molar-refractivity contribution in [2.24, 2.45) is 13.0 Å². The van der Waals surface area contributed by atoms with Gasteiger partial charge in [0.15, 0.2) is 6.39 Å². The Hall–Kier alpha value is -2.68. The number of methoxy groups -OCH3 is 1. The van der Waals surface area contributed by atoms with Gasteiger partial charge in [0, 0.05) is 39.5 Å². The zero-order chi connectivity index (χ0) is 18.7. The molecule has 2 aromatic heterocycles. The van der Waals surface area contributed by atoms with Gasteiger partial charge in [0.05, 0.1) is 19.1 Å². The fourth-order valence-corrected chi connectivity index (χ4v) is 3.26. The van der Waals surface area contributed by atoms with Gasteiger partial charge in [0.2, 0.25) is 11.8 Å². The Kier molecular flexibility index (Phi) is 5.36. The second-order valence-electron chi connectivity index (χ2n) is 6.30. The Morgan fingerprint density at radius 3 is 2.88 bits per heavy atom. The molecule has 0 unspecified atom stereocenters. The maximum Gasteiger partial charge on any atom is 0.226 e. The number of nitrogens with zero attached hydrogens (tertiary/aromatic N) is 4. The van der Waals surface area contributed by atoms with Crippen molar-refractivity contribution in [3.05, 3.63) is 36.1 Å². The number of likely N-dealkylation sites (tertiary alicyclic amines) is 1. The first-order valence-electron chi connectivity index (χ1n) is 8.45. The summed E-state index contributed by atoms with van der Waals surface area (Å²) in [6.07, 6.45) is 4.96. The second-order valence-corrected chi connectivity index (χ2v) is 6.30. The second kappa shape index (κ2) is 7.69. The van der Waals surface area contributed by atoms with Crippen molar-refractivity contribution < 1.29 is 18.7 Å². The molecule has 0 radical (unpaired) electrons. The average molecular weight is 361 g/mol. The number of ether oxygens (including phenoxy) is 1. The predicted molar refractivity (Wildman–Crippen MR) is 90.7 cm³/mol. The molecular formula is C17H23N5O4. The highest BCUT2D eigenvalue weighted by Gasteiger charge is 2.46. The third-order valence-electron chi connectivity index (χ3n) is 4.70. The Bertz CT molecular complexity index is 784. The van der Waals surface area contributed by atoms with Crippen LogP contribution in [-0.2, 0) is 27.9 Å². The van der Waals surface area contributed by atoms with E-state index in [1.165, 1.54) is 6.39 Å². The molecule has 1 fully saturated rings. The van der Waals surface area contributed by atoms with Crippen molar-refractivity contribution in [3.8, 4) is 0 Å². The van der Waals surface area contributed by atoms with Crippen LogP contribution in [0.15, 0.2) is 23.2 Å². The van der Waals surface area contributed by atoms with Crippen LogP contribution in [0.3, 0.4) is 0 Å². The summed E-state index contributed by atoms with van der Waals surface area (Å²) in [5, 5.41) is 2.87. The van der Waals surface area contributed by atoms with Crippen LogP contribution in [0.1, 0.15) is 29.7 Å². The minimum atomic E-state index is -0.521. The summed E-state index contributed by atoms with van der Waals surface area (Å²) in [6, 6.07) is -0.420. The number of imidazole rings is 1. The Balaban J connectivity index is 1.79. The molecule has 9 nitrogen and oxygen atoms in total. The number of amides is 2. The molecule has 1 aliphatic rings. The number of hydrogen-bond acceptors (Lipinski definition) is 6. The molecule has 3 heterocycles. The van der Waals surface area contributed by atoms with Gasteiger partial charge in [-0.05, 0) is 6.92 Å². The van der Waals surface area contributed by atoms with Crippen molar-refractivity contribution in [2.45, 2.75) is 25.9 Å². The molecule has 0 aromatic carbocycles. The lowest BCUT2D eigenvalue weighted by Crippen LogP contribution is -2.38. The van der Waals surface area contributed by atoms with Crippen LogP contribution in [-0.4, -0.2) is 51.5 Å². The molecule has 0 spiro atoms. The molecular weight excluding hydrogens is 338 g/mol. The maximum atomic E-state index is 12.8. The monoisotopic (exact) mass is 361 g/mol. The Morgan fingerprint density at radius 2 is 2.27 bits per heavy atom. The van der Waals surface area contributed by atoms with E-state index in [0.717, 1.165) is 0 Å². The smallest absolute Gasteiger partial charge is 0.226 e. The third-order valence-corrected chi connectivity index (χ3v) is 4.70. The van der Waals surface area contributed by atoms with Crippen LogP contribution in [0.5, 0.6) is 0 Å². The maximum absolute atomic E-state index is 12.8. The molecule has 1 saturated heterocycles. The van der Waals surface area contributed by atoms with Gasteiger partial charge in [-0.3, -0.25) is 9.59 Å². The molecule has 0 aliphatic carbocycles. The average Bonchev–Trinajstić information content (AvgIpc) is 3.30. The highest BCUT2D eigenvalue weighted by Crippen LogP contribution is 2.37. The summed E-state index contributed by atoms with van der Waals surface area (Å²) in [5.41, 5.74) is 0.674. The van der Waals surface area contributed by atoms with E-state index in [0.29, 0.717) is 30.4 Å². The first-order chi connectivity index (χ1) is 12.5. The topological polar surface area (TPSA) is 102 Å². The zero-order valence-corrected chi connectivity index (χ0v) is 15.1. The number of hydrogen-bond donors (Lipinski definition) is 1. The van der Waals surface area contributed by atoms with Gasteiger partial charge in [-0.25, -0.2) is 9.97 Å². The number of carbonyl (C=O) groups excluding carboxylic acids is 2. The molecule has 2 atom stereocenters. The molecule has 26 heavy (non-hydrogen) atoms. The summed E-state index contributed by atoms with van der Waals surface area (Å²) in [6.45, 7) is 2.87. The lowest BCUT2D eigenvalue weighted by molar-refractivity contribution is -0.129. The normalized spacial score (nSPS) is 20.0. The lowest BCUT2D eigenvalue weighted by Gasteiger charge is -2.27. The summed E-state index contributed by atoms with van der Waals surface area (Å²) >= 11 is 0. The quantitative estimate of drug-likeness (QED) is 0.773. The van der Waals surface area contributed by atoms with Gasteiger partial charge in [0.1, 0.15) is 23.3 Å². The first kappa shape index (κ1) is 18.1. The standard InChI is InChI=1S/C17H23N5O4/c1-11-13(20-10-26-11)9-19-17(24)12-8-14(23)22(6-7-25-3)15(12)16-18-4-5-21(16)2/h4-5,10,12,15H,6-9H2,1-3H3,(H,19,24)/t12-,15-/m0/s1. The van der Waals surface area contributed by atoms with E-state index in [1.807, 2.05) is 11.6 Å². The number of oxazole rings is 1. The SMILES string of the molecule is COCCN1C(=O)C[C@H](C(=O)NCc2ncoc2C)[C@H]1c1nccn1C. The minimum absolute atomic E-state index is 0.0761. The number of nitrogens with one attached hydrogen (secondary N) is 1. The van der Waals surface area contributed by atoms with Crippen LogP contribution in [0, 0.1) is 12.8 Å². The first-order valence-corrected chi connectivity index (χ1v) is 8.45.